The summed E-state index contributed by atoms with van der Waals surface area (Å²) in [7, 11) is 0. The van der Waals surface area contributed by atoms with Crippen molar-refractivity contribution in [2.24, 2.45) is 0 Å². The van der Waals surface area contributed by atoms with Gasteiger partial charge in [0.2, 0.25) is 5.89 Å². The van der Waals surface area contributed by atoms with Crippen LogP contribution in [0.5, 0.6) is 0 Å². The van der Waals surface area contributed by atoms with Gasteiger partial charge in [0.15, 0.2) is 5.82 Å². The molecule has 0 bridgehead atoms. The van der Waals surface area contributed by atoms with Gasteiger partial charge in [-0.15, -0.1) is 0 Å². The van der Waals surface area contributed by atoms with Crippen LogP contribution in [0.4, 0.5) is 0 Å². The number of benzene rings is 1. The summed E-state index contributed by atoms with van der Waals surface area (Å²) in [5.41, 5.74) is 0.621. The largest absolute Gasteiger partial charge is 0.339 e. The van der Waals surface area contributed by atoms with E-state index in [2.05, 4.69) is 10.1 Å². The van der Waals surface area contributed by atoms with Gasteiger partial charge in [-0.2, -0.15) is 4.98 Å². The van der Waals surface area contributed by atoms with Gasteiger partial charge in [-0.05, 0) is 31.0 Å². The summed E-state index contributed by atoms with van der Waals surface area (Å²) in [6.45, 7) is 3.35. The zero-order chi connectivity index (χ0) is 15.5. The van der Waals surface area contributed by atoms with Gasteiger partial charge in [0.05, 0.1) is 0 Å². The second-order valence-corrected chi connectivity index (χ2v) is 5.94. The number of rotatable bonds is 3. The van der Waals surface area contributed by atoms with Gasteiger partial charge in [-0.1, -0.05) is 29.7 Å². The molecule has 1 aliphatic heterocycles. The summed E-state index contributed by atoms with van der Waals surface area (Å²) < 4.78 is 5.18. The number of halogens is 1. The highest BCUT2D eigenvalue weighted by atomic mass is 35.5. The standard InChI is InChI=1S/C16H18ClN3O2/c1-2-14-18-15(19-22-14)12-6-4-8-20(10-12)16(21)11-5-3-7-13(17)9-11/h3,5,7,9,12H,2,4,6,8,10H2,1H3/t12-/m1/s1. The van der Waals surface area contributed by atoms with Crippen molar-refractivity contribution in [1.29, 1.82) is 0 Å². The van der Waals surface area contributed by atoms with Crippen molar-refractivity contribution in [3.8, 4) is 0 Å². The van der Waals surface area contributed by atoms with Crippen molar-refractivity contribution in [2.45, 2.75) is 32.1 Å². The molecule has 1 aromatic carbocycles. The number of aromatic nitrogens is 2. The first-order valence-electron chi connectivity index (χ1n) is 7.54. The Labute approximate surface area is 134 Å². The molecule has 1 atom stereocenters. The van der Waals surface area contributed by atoms with Crippen LogP contribution in [0.15, 0.2) is 28.8 Å². The Kier molecular flexibility index (Phi) is 4.43. The van der Waals surface area contributed by atoms with Crippen LogP contribution in [-0.2, 0) is 6.42 Å². The van der Waals surface area contributed by atoms with Crippen LogP contribution >= 0.6 is 11.6 Å². The summed E-state index contributed by atoms with van der Waals surface area (Å²) in [4.78, 5) is 18.8. The molecule has 116 valence electrons. The van der Waals surface area contributed by atoms with Crippen LogP contribution in [0, 0.1) is 0 Å². The fourth-order valence-corrected chi connectivity index (χ4v) is 2.94. The van der Waals surface area contributed by atoms with Crippen molar-refractivity contribution in [3.63, 3.8) is 0 Å². The Morgan fingerprint density at radius 1 is 1.50 bits per heavy atom. The van der Waals surface area contributed by atoms with Crippen LogP contribution in [0.1, 0.15) is 47.8 Å². The van der Waals surface area contributed by atoms with E-state index in [0.29, 0.717) is 28.8 Å². The Balaban J connectivity index is 1.73. The van der Waals surface area contributed by atoms with Gasteiger partial charge in [0, 0.05) is 36.0 Å². The van der Waals surface area contributed by atoms with Crippen molar-refractivity contribution >= 4 is 17.5 Å². The molecule has 5 nitrogen and oxygen atoms in total. The number of likely N-dealkylation sites (tertiary alicyclic amines) is 1. The fourth-order valence-electron chi connectivity index (χ4n) is 2.75. The van der Waals surface area contributed by atoms with Gasteiger partial charge in [-0.3, -0.25) is 4.79 Å². The fraction of sp³-hybridized carbons (Fsp3) is 0.438. The lowest BCUT2D eigenvalue weighted by Gasteiger charge is -2.31. The van der Waals surface area contributed by atoms with Gasteiger partial charge in [-0.25, -0.2) is 0 Å². The third kappa shape index (κ3) is 3.14. The van der Waals surface area contributed by atoms with E-state index in [-0.39, 0.29) is 11.8 Å². The number of hydrogen-bond donors (Lipinski definition) is 0. The number of aryl methyl sites for hydroxylation is 1. The molecule has 2 aromatic rings. The van der Waals surface area contributed by atoms with Crippen molar-refractivity contribution in [1.82, 2.24) is 15.0 Å². The summed E-state index contributed by atoms with van der Waals surface area (Å²) in [6.07, 6.45) is 2.64. The van der Waals surface area contributed by atoms with E-state index in [4.69, 9.17) is 16.1 Å². The lowest BCUT2D eigenvalue weighted by Crippen LogP contribution is -2.39. The Morgan fingerprint density at radius 3 is 3.09 bits per heavy atom. The monoisotopic (exact) mass is 319 g/mol. The summed E-state index contributed by atoms with van der Waals surface area (Å²) in [5.74, 6) is 1.50. The molecule has 0 aliphatic carbocycles. The highest BCUT2D eigenvalue weighted by molar-refractivity contribution is 6.30. The maximum absolute atomic E-state index is 12.6. The maximum Gasteiger partial charge on any atom is 0.253 e. The molecule has 2 heterocycles. The van der Waals surface area contributed by atoms with E-state index >= 15 is 0 Å². The summed E-state index contributed by atoms with van der Waals surface area (Å²) in [6, 6.07) is 7.06. The predicted octanol–water partition coefficient (Wildman–Crippen LogP) is 3.31. The molecule has 1 saturated heterocycles. The molecular formula is C16H18ClN3O2. The second kappa shape index (κ2) is 6.48. The van der Waals surface area contributed by atoms with E-state index < -0.39 is 0 Å². The van der Waals surface area contributed by atoms with Crippen molar-refractivity contribution < 1.29 is 9.32 Å². The lowest BCUT2D eigenvalue weighted by atomic mass is 9.96. The predicted molar refractivity (Wildman–Crippen MR) is 83.0 cm³/mol. The number of hydrogen-bond acceptors (Lipinski definition) is 4. The molecule has 0 unspecified atom stereocenters. The number of piperidine rings is 1. The topological polar surface area (TPSA) is 59.2 Å². The van der Waals surface area contributed by atoms with Crippen LogP contribution < -0.4 is 0 Å². The van der Waals surface area contributed by atoms with Crippen LogP contribution in [0.2, 0.25) is 5.02 Å². The van der Waals surface area contributed by atoms with E-state index in [9.17, 15) is 4.79 Å². The third-order valence-electron chi connectivity index (χ3n) is 3.93. The first-order valence-corrected chi connectivity index (χ1v) is 7.92. The van der Waals surface area contributed by atoms with E-state index in [1.807, 2.05) is 11.8 Å². The van der Waals surface area contributed by atoms with Gasteiger partial charge >= 0.3 is 0 Å². The smallest absolute Gasteiger partial charge is 0.253 e. The zero-order valence-electron chi connectivity index (χ0n) is 12.5. The first-order chi connectivity index (χ1) is 10.7. The molecule has 1 aromatic heterocycles. The molecule has 0 spiro atoms. The molecule has 0 radical (unpaired) electrons. The highest BCUT2D eigenvalue weighted by Crippen LogP contribution is 2.26. The third-order valence-corrected chi connectivity index (χ3v) is 4.17. The molecule has 22 heavy (non-hydrogen) atoms. The average molecular weight is 320 g/mol. The molecule has 3 rings (SSSR count). The quantitative estimate of drug-likeness (QED) is 0.871. The maximum atomic E-state index is 12.6. The Morgan fingerprint density at radius 2 is 2.36 bits per heavy atom. The Bertz CT molecular complexity index is 671. The molecule has 1 fully saturated rings. The lowest BCUT2D eigenvalue weighted by molar-refractivity contribution is 0.0703. The number of amides is 1. The highest BCUT2D eigenvalue weighted by Gasteiger charge is 2.28. The minimum absolute atomic E-state index is 0.00594. The van der Waals surface area contributed by atoms with Crippen molar-refractivity contribution in [2.75, 3.05) is 13.1 Å². The van der Waals surface area contributed by atoms with E-state index in [1.54, 1.807) is 24.3 Å². The summed E-state index contributed by atoms with van der Waals surface area (Å²) in [5, 5.41) is 4.62. The second-order valence-electron chi connectivity index (χ2n) is 5.50. The van der Waals surface area contributed by atoms with Crippen molar-refractivity contribution in [3.05, 3.63) is 46.6 Å². The average Bonchev–Trinajstić information content (AvgIpc) is 3.03. The number of carbonyl (C=O) groups is 1. The van der Waals surface area contributed by atoms with Crippen LogP contribution in [0.25, 0.3) is 0 Å². The van der Waals surface area contributed by atoms with Gasteiger partial charge in [0.25, 0.3) is 5.91 Å². The summed E-state index contributed by atoms with van der Waals surface area (Å²) >= 11 is 5.97. The van der Waals surface area contributed by atoms with E-state index in [0.717, 1.165) is 25.8 Å². The van der Waals surface area contributed by atoms with Crippen LogP contribution in [0.3, 0.4) is 0 Å². The minimum atomic E-state index is 0.00594. The molecular weight excluding hydrogens is 302 g/mol. The SMILES string of the molecule is CCc1nc([C@@H]2CCCN(C(=O)c3cccc(Cl)c3)C2)no1. The van der Waals surface area contributed by atoms with E-state index in [1.165, 1.54) is 0 Å². The Hall–Kier alpha value is -1.88. The minimum Gasteiger partial charge on any atom is -0.339 e. The number of nitrogens with zero attached hydrogens (tertiary/aromatic N) is 3. The molecule has 1 aliphatic rings. The number of carbonyl (C=O) groups excluding carboxylic acids is 1. The normalized spacial score (nSPS) is 18.5. The zero-order valence-corrected chi connectivity index (χ0v) is 13.2. The van der Waals surface area contributed by atoms with Gasteiger partial charge < -0.3 is 9.42 Å². The van der Waals surface area contributed by atoms with Gasteiger partial charge in [0.1, 0.15) is 0 Å². The molecule has 0 N–H and O–H groups in total. The first kappa shape index (κ1) is 15.0. The molecule has 1 amide bonds. The molecule has 0 saturated carbocycles. The molecule has 6 heteroatoms. The van der Waals surface area contributed by atoms with Crippen LogP contribution in [-0.4, -0.2) is 34.0 Å².